The summed E-state index contributed by atoms with van der Waals surface area (Å²) in [5, 5.41) is 0.489. The molecule has 0 amide bonds. The van der Waals surface area contributed by atoms with Gasteiger partial charge in [-0.15, -0.1) is 0 Å². The van der Waals surface area contributed by atoms with E-state index in [1.165, 1.54) is 50.5 Å². The van der Waals surface area contributed by atoms with Gasteiger partial charge in [0.15, 0.2) is 0 Å². The molecule has 5 nitrogen and oxygen atoms in total. The average Bonchev–Trinajstić information content (AvgIpc) is 3.02. The molecule has 2 aromatic carbocycles. The molecule has 0 aliphatic rings. The van der Waals surface area contributed by atoms with Crippen LogP contribution in [-0.4, -0.2) is 37.9 Å². The molecule has 0 saturated heterocycles. The van der Waals surface area contributed by atoms with Crippen molar-refractivity contribution in [3.63, 3.8) is 0 Å². The van der Waals surface area contributed by atoms with Crippen LogP contribution in [0.25, 0.3) is 22.0 Å². The molecule has 3 rings (SSSR count). The number of hydrogen-bond acceptors (Lipinski definition) is 3. The number of benzene rings is 2. The molecule has 0 fully saturated rings. The summed E-state index contributed by atoms with van der Waals surface area (Å²) in [6, 6.07) is 10.5. The number of alkyl halides is 2. The van der Waals surface area contributed by atoms with Crippen LogP contribution in [0.15, 0.2) is 59.3 Å². The zero-order valence-electron chi connectivity index (χ0n) is 17.7. The van der Waals surface area contributed by atoms with Crippen LogP contribution in [0.3, 0.4) is 0 Å². The summed E-state index contributed by atoms with van der Waals surface area (Å²) < 4.78 is 69.3. The molecule has 1 aromatic heterocycles. The molecule has 10 heteroatoms. The molecule has 1 N–H and O–H groups in total. The zero-order chi connectivity index (χ0) is 23.6. The van der Waals surface area contributed by atoms with E-state index in [0.717, 1.165) is 4.31 Å². The molecule has 32 heavy (non-hydrogen) atoms. The van der Waals surface area contributed by atoms with Crippen LogP contribution in [-0.2, 0) is 16.6 Å². The molecule has 0 atom stereocenters. The lowest BCUT2D eigenvalue weighted by atomic mass is 10.0. The van der Waals surface area contributed by atoms with Crippen molar-refractivity contribution in [2.24, 2.45) is 0 Å². The lowest BCUT2D eigenvalue weighted by molar-refractivity contribution is 0.151. The Hall–Kier alpha value is -2.33. The Bertz CT molecular complexity index is 1270. The molecule has 0 aliphatic heterocycles. The first-order valence-electron chi connectivity index (χ1n) is 9.69. The fraction of sp³-hybridized carbons (Fsp3) is 0.273. The van der Waals surface area contributed by atoms with Gasteiger partial charge in [-0.1, -0.05) is 18.2 Å². The lowest BCUT2D eigenvalue weighted by Crippen LogP contribution is -2.22. The smallest absolute Gasteiger partial charge is 0.263 e. The number of fused-ring (bicyclic) bond motifs is 1. The predicted octanol–water partition coefficient (Wildman–Crippen LogP) is 5.40. The third-order valence-corrected chi connectivity index (χ3v) is 7.18. The number of nitrogens with one attached hydrogen (secondary N) is 1. The van der Waals surface area contributed by atoms with E-state index >= 15 is 0 Å². The van der Waals surface area contributed by atoms with Crippen molar-refractivity contribution in [3.8, 4) is 11.1 Å². The average molecular weight is 486 g/mol. The van der Waals surface area contributed by atoms with Gasteiger partial charge in [-0.05, 0) is 54.6 Å². The van der Waals surface area contributed by atoms with E-state index in [1.54, 1.807) is 23.6 Å². The van der Waals surface area contributed by atoms with Crippen LogP contribution in [0, 0.1) is 6.92 Å². The van der Waals surface area contributed by atoms with Gasteiger partial charge in [-0.2, -0.15) is 0 Å². The number of nitrogens with zero attached hydrogens (tertiary/aromatic N) is 2. The van der Waals surface area contributed by atoms with Crippen molar-refractivity contribution in [1.82, 2.24) is 13.7 Å². The normalized spacial score (nSPS) is 13.0. The summed E-state index contributed by atoms with van der Waals surface area (Å²) in [4.78, 5) is 2.39. The van der Waals surface area contributed by atoms with Gasteiger partial charge >= 0.3 is 0 Å². The minimum Gasteiger partial charge on any atom is -0.337 e. The van der Waals surface area contributed by atoms with Gasteiger partial charge in [0.2, 0.25) is 10.0 Å². The maximum Gasteiger partial charge on any atom is 0.263 e. The van der Waals surface area contributed by atoms with Gasteiger partial charge < -0.3 is 4.57 Å². The summed E-state index contributed by atoms with van der Waals surface area (Å²) in [5.41, 5.74) is 2.11. The predicted molar refractivity (Wildman–Crippen MR) is 121 cm³/mol. The number of rotatable bonds is 8. The topological polar surface area (TPSA) is 54.3 Å². The fourth-order valence-corrected chi connectivity index (χ4v) is 4.62. The van der Waals surface area contributed by atoms with Gasteiger partial charge in [0.05, 0.1) is 11.4 Å². The number of aromatic nitrogens is 1. The minimum absolute atomic E-state index is 0.0737. The second kappa shape index (κ2) is 9.66. The molecule has 0 radical (unpaired) electrons. The SMILES string of the molecule is Cc1c(-c2cccc(S(=O)(=O)N(C)C)c2)c2cc(C(F)F)ccc2n1C/C(F)=C/CNCl. The Morgan fingerprint density at radius 1 is 1.22 bits per heavy atom. The van der Waals surface area contributed by atoms with Crippen LogP contribution in [0.1, 0.15) is 17.7 Å². The van der Waals surface area contributed by atoms with Gasteiger partial charge in [0, 0.05) is 48.4 Å². The van der Waals surface area contributed by atoms with Crippen LogP contribution >= 0.6 is 11.8 Å². The van der Waals surface area contributed by atoms with Crippen molar-refractivity contribution in [2.45, 2.75) is 24.8 Å². The van der Waals surface area contributed by atoms with Crippen LogP contribution in [0.4, 0.5) is 13.2 Å². The highest BCUT2D eigenvalue weighted by Crippen LogP contribution is 2.38. The highest BCUT2D eigenvalue weighted by molar-refractivity contribution is 7.89. The van der Waals surface area contributed by atoms with Crippen LogP contribution in [0.2, 0.25) is 0 Å². The van der Waals surface area contributed by atoms with Gasteiger partial charge in [0.25, 0.3) is 6.43 Å². The van der Waals surface area contributed by atoms with Crippen LogP contribution < -0.4 is 4.84 Å². The zero-order valence-corrected chi connectivity index (χ0v) is 19.3. The Morgan fingerprint density at radius 2 is 1.94 bits per heavy atom. The Balaban J connectivity index is 2.27. The number of allylic oxidation sites excluding steroid dienone is 1. The molecule has 0 spiro atoms. The van der Waals surface area contributed by atoms with E-state index in [4.69, 9.17) is 11.8 Å². The second-order valence-corrected chi connectivity index (χ2v) is 9.85. The van der Waals surface area contributed by atoms with Crippen molar-refractivity contribution >= 4 is 32.7 Å². The van der Waals surface area contributed by atoms with Crippen LogP contribution in [0.5, 0.6) is 0 Å². The summed E-state index contributed by atoms with van der Waals surface area (Å²) in [5.74, 6) is -0.452. The lowest BCUT2D eigenvalue weighted by Gasteiger charge is -2.13. The summed E-state index contributed by atoms with van der Waals surface area (Å²) in [7, 11) is -0.841. The molecule has 0 aliphatic carbocycles. The largest absolute Gasteiger partial charge is 0.337 e. The molecule has 0 saturated carbocycles. The number of halogens is 4. The molecule has 0 bridgehead atoms. The third-order valence-electron chi connectivity index (χ3n) is 5.21. The first kappa shape index (κ1) is 24.3. The van der Waals surface area contributed by atoms with E-state index in [9.17, 15) is 21.6 Å². The summed E-state index contributed by atoms with van der Waals surface area (Å²) in [6.45, 7) is 1.75. The first-order valence-corrected chi connectivity index (χ1v) is 11.5. The molecule has 172 valence electrons. The van der Waals surface area contributed by atoms with Crippen molar-refractivity contribution in [2.75, 3.05) is 20.6 Å². The number of sulfonamides is 1. The van der Waals surface area contributed by atoms with E-state index in [2.05, 4.69) is 4.84 Å². The number of hydrogen-bond donors (Lipinski definition) is 1. The molecule has 0 unspecified atom stereocenters. The highest BCUT2D eigenvalue weighted by atomic mass is 35.5. The monoisotopic (exact) mass is 485 g/mol. The minimum atomic E-state index is -3.70. The van der Waals surface area contributed by atoms with E-state index in [1.807, 2.05) is 0 Å². The first-order chi connectivity index (χ1) is 15.1. The highest BCUT2D eigenvalue weighted by Gasteiger charge is 2.22. The summed E-state index contributed by atoms with van der Waals surface area (Å²) >= 11 is 5.39. The van der Waals surface area contributed by atoms with Gasteiger partial charge in [0.1, 0.15) is 5.83 Å². The van der Waals surface area contributed by atoms with E-state index in [-0.39, 0.29) is 23.5 Å². The maximum atomic E-state index is 14.4. The fourth-order valence-electron chi connectivity index (χ4n) is 3.59. The van der Waals surface area contributed by atoms with Crippen molar-refractivity contribution < 1.29 is 21.6 Å². The Morgan fingerprint density at radius 3 is 2.56 bits per heavy atom. The third kappa shape index (κ3) is 4.71. The molecule has 3 aromatic rings. The molecule has 1 heterocycles. The Labute approximate surface area is 190 Å². The van der Waals surface area contributed by atoms with Crippen molar-refractivity contribution in [3.05, 3.63) is 65.6 Å². The van der Waals surface area contributed by atoms with E-state index < -0.39 is 22.3 Å². The standard InChI is InChI=1S/C22H23ClF3N3O2S/c1-14-21(15-5-4-6-18(11-15)32(30,31)28(2)3)19-12-16(22(25)26)7-8-20(19)29(14)13-17(24)9-10-27-23/h4-9,11-12,22,27H,10,13H2,1-3H3/b17-9-. The van der Waals surface area contributed by atoms with E-state index in [0.29, 0.717) is 27.7 Å². The molecular formula is C22H23ClF3N3O2S. The molecular weight excluding hydrogens is 463 g/mol. The van der Waals surface area contributed by atoms with Crippen molar-refractivity contribution in [1.29, 1.82) is 0 Å². The second-order valence-electron chi connectivity index (χ2n) is 7.43. The maximum absolute atomic E-state index is 14.4. The quantitative estimate of drug-likeness (QED) is 0.434. The van der Waals surface area contributed by atoms with Gasteiger partial charge in [-0.3, -0.25) is 0 Å². The van der Waals surface area contributed by atoms with Gasteiger partial charge in [-0.25, -0.2) is 30.7 Å². The summed E-state index contributed by atoms with van der Waals surface area (Å²) in [6.07, 6.45) is -1.39. The Kier molecular flexibility index (Phi) is 7.34.